The second-order valence-electron chi connectivity index (χ2n) is 6.63. The molecule has 1 heterocycles. The van der Waals surface area contributed by atoms with Gasteiger partial charge in [-0.1, -0.05) is 42.5 Å². The van der Waals surface area contributed by atoms with E-state index in [9.17, 15) is 5.11 Å². The second kappa shape index (κ2) is 6.21. The van der Waals surface area contributed by atoms with Crippen LogP contribution in [-0.2, 0) is 0 Å². The molecule has 0 unspecified atom stereocenters. The van der Waals surface area contributed by atoms with Gasteiger partial charge in [0.05, 0.1) is 11.6 Å². The zero-order valence-corrected chi connectivity index (χ0v) is 13.8. The Balaban J connectivity index is 1.75. The molecule has 0 atom stereocenters. The average Bonchev–Trinajstić information content (AvgIpc) is 2.60. The molecule has 1 saturated carbocycles. The first-order valence-corrected chi connectivity index (χ1v) is 8.42. The Labute approximate surface area is 141 Å². The Morgan fingerprint density at radius 1 is 1.00 bits per heavy atom. The molecule has 1 aliphatic carbocycles. The molecule has 4 heteroatoms. The average molecular weight is 319 g/mol. The van der Waals surface area contributed by atoms with Gasteiger partial charge in [0.15, 0.2) is 5.82 Å². The number of nitrogens with zero attached hydrogens (tertiary/aromatic N) is 3. The van der Waals surface area contributed by atoms with E-state index in [2.05, 4.69) is 18.0 Å². The Bertz CT molecular complexity index is 844. The third-order valence-electron chi connectivity index (χ3n) is 4.72. The molecular formula is C20H21N3O. The number of aliphatic hydroxyl groups is 1. The van der Waals surface area contributed by atoms with E-state index >= 15 is 0 Å². The summed E-state index contributed by atoms with van der Waals surface area (Å²) < 4.78 is 0. The highest BCUT2D eigenvalue weighted by Gasteiger charge is 2.28. The van der Waals surface area contributed by atoms with E-state index in [1.54, 1.807) is 0 Å². The molecule has 4 rings (SSSR count). The van der Waals surface area contributed by atoms with Gasteiger partial charge < -0.3 is 10.0 Å². The minimum absolute atomic E-state index is 0.120. The van der Waals surface area contributed by atoms with E-state index in [1.807, 2.05) is 48.5 Å². The zero-order valence-electron chi connectivity index (χ0n) is 13.8. The lowest BCUT2D eigenvalue weighted by molar-refractivity contribution is 0.0464. The van der Waals surface area contributed by atoms with Crippen LogP contribution in [0.4, 0.5) is 5.82 Å². The van der Waals surface area contributed by atoms with Crippen molar-refractivity contribution < 1.29 is 5.11 Å². The molecule has 1 aromatic heterocycles. The Hall–Kier alpha value is -2.46. The molecule has 1 fully saturated rings. The van der Waals surface area contributed by atoms with Crippen molar-refractivity contribution in [3.63, 3.8) is 0 Å². The van der Waals surface area contributed by atoms with E-state index in [0.29, 0.717) is 5.92 Å². The minimum Gasteiger partial charge on any atom is -0.393 e. The fourth-order valence-electron chi connectivity index (χ4n) is 3.39. The molecule has 0 saturated heterocycles. The lowest BCUT2D eigenvalue weighted by Gasteiger charge is -2.35. The predicted octanol–water partition coefficient (Wildman–Crippen LogP) is 3.50. The summed E-state index contributed by atoms with van der Waals surface area (Å²) in [6, 6.07) is 18.2. The highest BCUT2D eigenvalue weighted by atomic mass is 16.3. The van der Waals surface area contributed by atoms with Gasteiger partial charge in [0.1, 0.15) is 5.82 Å². The summed E-state index contributed by atoms with van der Waals surface area (Å²) in [5, 5.41) is 10.6. The van der Waals surface area contributed by atoms with E-state index in [0.717, 1.165) is 47.5 Å². The molecular weight excluding hydrogens is 298 g/mol. The molecule has 2 aromatic carbocycles. The molecule has 0 spiro atoms. The van der Waals surface area contributed by atoms with E-state index in [1.165, 1.54) is 0 Å². The molecule has 0 aliphatic heterocycles. The van der Waals surface area contributed by atoms with E-state index in [4.69, 9.17) is 9.97 Å². The van der Waals surface area contributed by atoms with Gasteiger partial charge in [0.2, 0.25) is 0 Å². The molecule has 0 radical (unpaired) electrons. The summed E-state index contributed by atoms with van der Waals surface area (Å²) in [7, 11) is 2.08. The van der Waals surface area contributed by atoms with E-state index < -0.39 is 0 Å². The zero-order chi connectivity index (χ0) is 16.5. The first kappa shape index (κ1) is 15.1. The maximum Gasteiger partial charge on any atom is 0.162 e. The predicted molar refractivity (Wildman–Crippen MR) is 97.0 cm³/mol. The quantitative estimate of drug-likeness (QED) is 0.799. The summed E-state index contributed by atoms with van der Waals surface area (Å²) >= 11 is 0. The molecule has 24 heavy (non-hydrogen) atoms. The van der Waals surface area contributed by atoms with Crippen LogP contribution in [-0.4, -0.2) is 34.8 Å². The van der Waals surface area contributed by atoms with Crippen molar-refractivity contribution in [2.75, 3.05) is 18.5 Å². The van der Waals surface area contributed by atoms with Crippen molar-refractivity contribution in [1.29, 1.82) is 0 Å². The van der Waals surface area contributed by atoms with E-state index in [-0.39, 0.29) is 6.10 Å². The Morgan fingerprint density at radius 3 is 2.46 bits per heavy atom. The number of hydrogen-bond acceptors (Lipinski definition) is 4. The number of benzene rings is 2. The van der Waals surface area contributed by atoms with Crippen LogP contribution in [0.3, 0.4) is 0 Å². The number of fused-ring (bicyclic) bond motifs is 1. The molecule has 0 bridgehead atoms. The first-order chi connectivity index (χ1) is 11.7. The molecule has 1 aliphatic rings. The smallest absolute Gasteiger partial charge is 0.162 e. The standard InChI is InChI=1S/C20H21N3O/c1-23(13-14-11-16(24)12-14)20-17-9-5-6-10-18(17)21-19(22-20)15-7-3-2-4-8-15/h2-10,14,16,24H,11-13H2,1H3. The summed E-state index contributed by atoms with van der Waals surface area (Å²) in [4.78, 5) is 11.8. The van der Waals surface area contributed by atoms with Crippen LogP contribution in [0.2, 0.25) is 0 Å². The van der Waals surface area contributed by atoms with Gasteiger partial charge in [-0.05, 0) is 30.9 Å². The number of para-hydroxylation sites is 1. The summed E-state index contributed by atoms with van der Waals surface area (Å²) in [5.41, 5.74) is 1.99. The fraction of sp³-hybridized carbons (Fsp3) is 0.300. The second-order valence-corrected chi connectivity index (χ2v) is 6.63. The number of anilines is 1. The SMILES string of the molecule is CN(CC1CC(O)C1)c1nc(-c2ccccc2)nc2ccccc12. The van der Waals surface area contributed by atoms with Crippen molar-refractivity contribution in [2.45, 2.75) is 18.9 Å². The van der Waals surface area contributed by atoms with Gasteiger partial charge in [-0.2, -0.15) is 0 Å². The summed E-state index contributed by atoms with van der Waals surface area (Å²) in [6.45, 7) is 0.909. The molecule has 4 nitrogen and oxygen atoms in total. The fourth-order valence-corrected chi connectivity index (χ4v) is 3.39. The van der Waals surface area contributed by atoms with Crippen LogP contribution in [0.25, 0.3) is 22.3 Å². The van der Waals surface area contributed by atoms with Gasteiger partial charge in [-0.3, -0.25) is 0 Å². The van der Waals surface area contributed by atoms with Crippen molar-refractivity contribution in [2.24, 2.45) is 5.92 Å². The maximum atomic E-state index is 9.52. The summed E-state index contributed by atoms with van der Waals surface area (Å²) in [5.74, 6) is 2.25. The largest absolute Gasteiger partial charge is 0.393 e. The van der Waals surface area contributed by atoms with Crippen LogP contribution in [0.15, 0.2) is 54.6 Å². The monoisotopic (exact) mass is 319 g/mol. The third-order valence-corrected chi connectivity index (χ3v) is 4.72. The van der Waals surface area contributed by atoms with Crippen LogP contribution >= 0.6 is 0 Å². The highest BCUT2D eigenvalue weighted by molar-refractivity contribution is 5.91. The van der Waals surface area contributed by atoms with Crippen molar-refractivity contribution in [3.8, 4) is 11.4 Å². The van der Waals surface area contributed by atoms with Crippen molar-refractivity contribution >= 4 is 16.7 Å². The van der Waals surface area contributed by atoms with Crippen LogP contribution < -0.4 is 4.90 Å². The van der Waals surface area contributed by atoms with Crippen LogP contribution in [0.1, 0.15) is 12.8 Å². The molecule has 0 amide bonds. The van der Waals surface area contributed by atoms with Gasteiger partial charge >= 0.3 is 0 Å². The first-order valence-electron chi connectivity index (χ1n) is 8.42. The third kappa shape index (κ3) is 2.85. The van der Waals surface area contributed by atoms with Gasteiger partial charge in [-0.25, -0.2) is 9.97 Å². The van der Waals surface area contributed by atoms with Gasteiger partial charge in [0.25, 0.3) is 0 Å². The minimum atomic E-state index is -0.120. The van der Waals surface area contributed by atoms with Gasteiger partial charge in [-0.15, -0.1) is 0 Å². The molecule has 122 valence electrons. The van der Waals surface area contributed by atoms with Gasteiger partial charge in [0, 0.05) is 24.5 Å². The molecule has 3 aromatic rings. The number of aromatic nitrogens is 2. The number of rotatable bonds is 4. The van der Waals surface area contributed by atoms with Crippen LogP contribution in [0.5, 0.6) is 0 Å². The lowest BCUT2D eigenvalue weighted by atomic mass is 9.82. The maximum absolute atomic E-state index is 9.52. The summed E-state index contributed by atoms with van der Waals surface area (Å²) in [6.07, 6.45) is 1.66. The number of aliphatic hydroxyl groups excluding tert-OH is 1. The normalized spacial score (nSPS) is 19.9. The highest BCUT2D eigenvalue weighted by Crippen LogP contribution is 2.31. The van der Waals surface area contributed by atoms with Crippen molar-refractivity contribution in [1.82, 2.24) is 9.97 Å². The molecule has 1 N–H and O–H groups in total. The topological polar surface area (TPSA) is 49.2 Å². The Morgan fingerprint density at radius 2 is 1.71 bits per heavy atom. The lowest BCUT2D eigenvalue weighted by Crippen LogP contribution is -2.37. The number of hydrogen-bond donors (Lipinski definition) is 1. The Kier molecular flexibility index (Phi) is 3.90. The van der Waals surface area contributed by atoms with Crippen molar-refractivity contribution in [3.05, 3.63) is 54.6 Å². The van der Waals surface area contributed by atoms with Crippen LogP contribution in [0, 0.1) is 5.92 Å².